The molecule has 2 N–H and O–H groups in total. The van der Waals surface area contributed by atoms with Crippen molar-refractivity contribution in [1.82, 2.24) is 0 Å². The average Bonchev–Trinajstić information content (AvgIpc) is 2.73. The number of aromatic carboxylic acids is 1. The van der Waals surface area contributed by atoms with E-state index in [9.17, 15) is 4.79 Å². The second kappa shape index (κ2) is 5.94. The molecular formula is C13H11BrClNO2S. The Balaban J connectivity index is 2.14. The maximum Gasteiger partial charge on any atom is 0.345 e. The lowest BCUT2D eigenvalue weighted by molar-refractivity contribution is 0.0702. The Hall–Kier alpha value is -1.04. The van der Waals surface area contributed by atoms with Gasteiger partial charge in [-0.3, -0.25) is 0 Å². The lowest BCUT2D eigenvalue weighted by Crippen LogP contribution is -2.00. The minimum absolute atomic E-state index is 0.361. The molecule has 2 aromatic rings. The lowest BCUT2D eigenvalue weighted by atomic mass is 10.2. The van der Waals surface area contributed by atoms with Crippen molar-refractivity contribution in [2.24, 2.45) is 0 Å². The van der Waals surface area contributed by atoms with Crippen LogP contribution in [0.5, 0.6) is 0 Å². The molecule has 0 amide bonds. The number of nitrogens with one attached hydrogen (secondary N) is 1. The average molecular weight is 361 g/mol. The molecule has 2 rings (SSSR count). The summed E-state index contributed by atoms with van der Waals surface area (Å²) < 4.78 is 0.808. The Labute approximate surface area is 128 Å². The fraction of sp³-hybridized carbons (Fsp3) is 0.154. The summed E-state index contributed by atoms with van der Waals surface area (Å²) in [4.78, 5) is 12.3. The highest BCUT2D eigenvalue weighted by atomic mass is 79.9. The number of benzene rings is 1. The summed E-state index contributed by atoms with van der Waals surface area (Å²) in [6.45, 7) is 2.48. The molecular weight excluding hydrogens is 350 g/mol. The van der Waals surface area contributed by atoms with Crippen molar-refractivity contribution in [2.75, 3.05) is 5.32 Å². The van der Waals surface area contributed by atoms with E-state index < -0.39 is 5.97 Å². The van der Waals surface area contributed by atoms with E-state index in [1.807, 2.05) is 19.1 Å². The maximum absolute atomic E-state index is 10.9. The minimum atomic E-state index is -0.886. The van der Waals surface area contributed by atoms with Crippen LogP contribution in [0.3, 0.4) is 0 Å². The number of thiophene rings is 1. The van der Waals surface area contributed by atoms with E-state index in [1.165, 1.54) is 11.3 Å². The van der Waals surface area contributed by atoms with Gasteiger partial charge in [0, 0.05) is 11.4 Å². The zero-order valence-electron chi connectivity index (χ0n) is 10.0. The predicted molar refractivity (Wildman–Crippen MR) is 82.5 cm³/mol. The first kappa shape index (κ1) is 14.4. The van der Waals surface area contributed by atoms with Crippen LogP contribution in [-0.2, 0) is 6.54 Å². The molecule has 0 bridgehead atoms. The van der Waals surface area contributed by atoms with E-state index in [0.717, 1.165) is 20.6 Å². The van der Waals surface area contributed by atoms with E-state index >= 15 is 0 Å². The molecule has 0 saturated carbocycles. The van der Waals surface area contributed by atoms with Crippen LogP contribution in [0, 0.1) is 6.92 Å². The molecule has 1 aromatic heterocycles. The van der Waals surface area contributed by atoms with Gasteiger partial charge in [-0.15, -0.1) is 11.3 Å². The molecule has 6 heteroatoms. The van der Waals surface area contributed by atoms with Crippen molar-refractivity contribution in [3.8, 4) is 0 Å². The first-order chi connectivity index (χ1) is 8.99. The Bertz CT molecular complexity index is 627. The summed E-state index contributed by atoms with van der Waals surface area (Å²) in [6.07, 6.45) is 0. The van der Waals surface area contributed by atoms with Gasteiger partial charge >= 0.3 is 5.97 Å². The normalized spacial score (nSPS) is 10.5. The zero-order valence-corrected chi connectivity index (χ0v) is 13.2. The molecule has 19 heavy (non-hydrogen) atoms. The fourth-order valence-electron chi connectivity index (χ4n) is 1.63. The van der Waals surface area contributed by atoms with E-state index in [2.05, 4.69) is 21.2 Å². The second-order valence-corrected chi connectivity index (χ2v) is 6.41. The van der Waals surface area contributed by atoms with Crippen LogP contribution in [0.1, 0.15) is 20.1 Å². The Morgan fingerprint density at radius 1 is 1.53 bits per heavy atom. The molecule has 0 atom stereocenters. The van der Waals surface area contributed by atoms with Crippen LogP contribution < -0.4 is 5.32 Å². The number of hydrogen-bond acceptors (Lipinski definition) is 3. The summed E-state index contributed by atoms with van der Waals surface area (Å²) in [7, 11) is 0. The highest BCUT2D eigenvalue weighted by Crippen LogP contribution is 2.31. The first-order valence-electron chi connectivity index (χ1n) is 5.49. The molecule has 0 aliphatic rings. The summed E-state index contributed by atoms with van der Waals surface area (Å²) in [5.74, 6) is -0.886. The second-order valence-electron chi connectivity index (χ2n) is 3.95. The summed E-state index contributed by atoms with van der Waals surface area (Å²) in [5.41, 5.74) is 1.87. The van der Waals surface area contributed by atoms with Crippen molar-refractivity contribution in [3.63, 3.8) is 0 Å². The van der Waals surface area contributed by atoms with Crippen molar-refractivity contribution >= 4 is 50.5 Å². The van der Waals surface area contributed by atoms with E-state index in [0.29, 0.717) is 16.4 Å². The van der Waals surface area contributed by atoms with Crippen molar-refractivity contribution in [1.29, 1.82) is 0 Å². The molecule has 1 aromatic carbocycles. The van der Waals surface area contributed by atoms with Gasteiger partial charge in [-0.05, 0) is 46.6 Å². The van der Waals surface area contributed by atoms with Crippen LogP contribution in [0.2, 0.25) is 5.02 Å². The molecule has 0 saturated heterocycles. The molecule has 0 radical (unpaired) electrons. The van der Waals surface area contributed by atoms with Gasteiger partial charge in [0.25, 0.3) is 0 Å². The Kier molecular flexibility index (Phi) is 4.50. The van der Waals surface area contributed by atoms with Crippen LogP contribution in [0.15, 0.2) is 28.7 Å². The summed E-state index contributed by atoms with van der Waals surface area (Å²) in [5, 5.41) is 12.8. The molecule has 0 fully saturated rings. The van der Waals surface area contributed by atoms with Crippen molar-refractivity contribution in [3.05, 3.63) is 49.1 Å². The SMILES string of the molecule is Cc1sc(C(=O)O)cc1CNc1cccc(Cl)c1Br. The van der Waals surface area contributed by atoms with Gasteiger partial charge in [0.1, 0.15) is 4.88 Å². The van der Waals surface area contributed by atoms with Crippen molar-refractivity contribution in [2.45, 2.75) is 13.5 Å². The monoisotopic (exact) mass is 359 g/mol. The molecule has 0 aliphatic carbocycles. The van der Waals surface area contributed by atoms with E-state index in [4.69, 9.17) is 16.7 Å². The highest BCUT2D eigenvalue weighted by Gasteiger charge is 2.11. The zero-order chi connectivity index (χ0) is 14.0. The van der Waals surface area contributed by atoms with Gasteiger partial charge in [0.05, 0.1) is 15.2 Å². The standard InChI is InChI=1S/C13H11BrClNO2S/c1-7-8(5-11(19-7)13(17)18)6-16-10-4-2-3-9(15)12(10)14/h2-5,16H,6H2,1H3,(H,17,18). The van der Waals surface area contributed by atoms with Crippen LogP contribution in [0.25, 0.3) is 0 Å². The number of anilines is 1. The lowest BCUT2D eigenvalue weighted by Gasteiger charge is -2.09. The molecule has 3 nitrogen and oxygen atoms in total. The van der Waals surface area contributed by atoms with Crippen LogP contribution in [0.4, 0.5) is 5.69 Å². The summed E-state index contributed by atoms with van der Waals surface area (Å²) in [6, 6.07) is 7.28. The van der Waals surface area contributed by atoms with Crippen LogP contribution in [-0.4, -0.2) is 11.1 Å². The Morgan fingerprint density at radius 3 is 2.89 bits per heavy atom. The largest absolute Gasteiger partial charge is 0.477 e. The third-order valence-electron chi connectivity index (χ3n) is 2.65. The fourth-order valence-corrected chi connectivity index (χ4v) is 3.09. The van der Waals surface area contributed by atoms with Gasteiger partial charge in [-0.2, -0.15) is 0 Å². The molecule has 0 spiro atoms. The van der Waals surface area contributed by atoms with Gasteiger partial charge in [-0.1, -0.05) is 17.7 Å². The number of hydrogen-bond donors (Lipinski definition) is 2. The van der Waals surface area contributed by atoms with E-state index in [1.54, 1.807) is 12.1 Å². The van der Waals surface area contributed by atoms with Gasteiger partial charge < -0.3 is 10.4 Å². The van der Waals surface area contributed by atoms with Crippen molar-refractivity contribution < 1.29 is 9.90 Å². The number of halogens is 2. The minimum Gasteiger partial charge on any atom is -0.477 e. The number of carbonyl (C=O) groups is 1. The number of carboxylic acids is 1. The summed E-state index contributed by atoms with van der Waals surface area (Å²) >= 11 is 10.7. The van der Waals surface area contributed by atoms with Gasteiger partial charge in [-0.25, -0.2) is 4.79 Å². The number of aryl methyl sites for hydroxylation is 1. The van der Waals surface area contributed by atoms with Crippen LogP contribution >= 0.6 is 38.9 Å². The smallest absolute Gasteiger partial charge is 0.345 e. The topological polar surface area (TPSA) is 49.3 Å². The molecule has 0 unspecified atom stereocenters. The Morgan fingerprint density at radius 2 is 2.26 bits per heavy atom. The third-order valence-corrected chi connectivity index (χ3v) is 5.13. The van der Waals surface area contributed by atoms with Gasteiger partial charge in [0.15, 0.2) is 0 Å². The third kappa shape index (κ3) is 3.29. The molecule has 100 valence electrons. The molecule has 1 heterocycles. The first-order valence-corrected chi connectivity index (χ1v) is 7.48. The van der Waals surface area contributed by atoms with E-state index in [-0.39, 0.29) is 0 Å². The van der Waals surface area contributed by atoms with Gasteiger partial charge in [0.2, 0.25) is 0 Å². The number of carboxylic acid groups (broad SMARTS) is 1. The predicted octanol–water partition coefficient (Wildman–Crippen LogP) is 4.78. The number of rotatable bonds is 4. The quantitative estimate of drug-likeness (QED) is 0.824. The highest BCUT2D eigenvalue weighted by molar-refractivity contribution is 9.10. The maximum atomic E-state index is 10.9. The molecule has 0 aliphatic heterocycles.